The average molecular weight is 233 g/mol. The molecule has 2 rings (SSSR count). The topological polar surface area (TPSA) is 63.3 Å². The zero-order valence-electron chi connectivity index (χ0n) is 10.1. The van der Waals surface area contributed by atoms with Crippen molar-refractivity contribution in [1.29, 1.82) is 0 Å². The highest BCUT2D eigenvalue weighted by Gasteiger charge is 2.18. The number of benzene rings is 1. The van der Waals surface area contributed by atoms with Crippen LogP contribution < -0.4 is 5.73 Å². The van der Waals surface area contributed by atoms with E-state index >= 15 is 0 Å². The molecule has 1 aliphatic carbocycles. The minimum absolute atomic E-state index is 0.412. The molecule has 0 amide bonds. The molecule has 2 atom stereocenters. The molecular weight excluding hydrogens is 214 g/mol. The number of hydrogen-bond acceptors (Lipinski definition) is 2. The summed E-state index contributed by atoms with van der Waals surface area (Å²) in [5.41, 5.74) is 9.39. The summed E-state index contributed by atoms with van der Waals surface area (Å²) in [6.07, 6.45) is 4.03. The first kappa shape index (κ1) is 12.1. The van der Waals surface area contributed by atoms with Crippen molar-refractivity contribution >= 4 is 5.97 Å². The predicted molar refractivity (Wildman–Crippen MR) is 67.1 cm³/mol. The quantitative estimate of drug-likeness (QED) is 0.840. The van der Waals surface area contributed by atoms with Crippen molar-refractivity contribution in [1.82, 2.24) is 0 Å². The molecule has 1 aliphatic rings. The summed E-state index contributed by atoms with van der Waals surface area (Å²) in [6.45, 7) is 2.24. The van der Waals surface area contributed by atoms with Crippen LogP contribution >= 0.6 is 0 Å². The molecule has 3 N–H and O–H groups in total. The monoisotopic (exact) mass is 233 g/mol. The second-order valence-electron chi connectivity index (χ2n) is 4.98. The third-order valence-corrected chi connectivity index (χ3v) is 3.60. The molecule has 0 radical (unpaired) electrons. The van der Waals surface area contributed by atoms with Crippen LogP contribution in [0.2, 0.25) is 0 Å². The highest BCUT2D eigenvalue weighted by Crippen LogP contribution is 2.31. The lowest BCUT2D eigenvalue weighted by atomic mass is 9.82. The van der Waals surface area contributed by atoms with E-state index in [-0.39, 0.29) is 0 Å². The first-order valence-corrected chi connectivity index (χ1v) is 6.18. The molecule has 0 saturated heterocycles. The van der Waals surface area contributed by atoms with Crippen molar-refractivity contribution in [3.63, 3.8) is 0 Å². The lowest BCUT2D eigenvalue weighted by Gasteiger charge is -2.23. The zero-order chi connectivity index (χ0) is 12.4. The van der Waals surface area contributed by atoms with Crippen LogP contribution in [-0.4, -0.2) is 17.1 Å². The number of aryl methyl sites for hydroxylation is 1. The number of rotatable bonds is 3. The van der Waals surface area contributed by atoms with E-state index in [1.165, 1.54) is 24.0 Å². The van der Waals surface area contributed by atoms with Crippen LogP contribution in [0.1, 0.15) is 42.4 Å². The van der Waals surface area contributed by atoms with Crippen molar-refractivity contribution in [2.24, 2.45) is 5.73 Å². The van der Waals surface area contributed by atoms with Gasteiger partial charge in [0.2, 0.25) is 0 Å². The molecule has 92 valence electrons. The Kier molecular flexibility index (Phi) is 3.48. The van der Waals surface area contributed by atoms with Crippen LogP contribution in [0.4, 0.5) is 0 Å². The highest BCUT2D eigenvalue weighted by atomic mass is 16.4. The predicted octanol–water partition coefficient (Wildman–Crippen LogP) is 2.08. The number of carbonyl (C=O) groups is 1. The number of hydrogen-bond donors (Lipinski definition) is 2. The largest absolute Gasteiger partial charge is 0.480 e. The molecule has 0 heterocycles. The van der Waals surface area contributed by atoms with Crippen LogP contribution in [0.25, 0.3) is 0 Å². The van der Waals surface area contributed by atoms with E-state index in [2.05, 4.69) is 19.1 Å². The molecule has 1 aromatic rings. The van der Waals surface area contributed by atoms with Crippen LogP contribution in [0.5, 0.6) is 0 Å². The van der Waals surface area contributed by atoms with Gasteiger partial charge in [-0.15, -0.1) is 0 Å². The van der Waals surface area contributed by atoms with Crippen LogP contribution in [0, 0.1) is 0 Å². The maximum absolute atomic E-state index is 10.7. The smallest absolute Gasteiger partial charge is 0.320 e. The summed E-state index contributed by atoms with van der Waals surface area (Å²) in [5, 5.41) is 8.81. The molecule has 3 heteroatoms. The Morgan fingerprint density at radius 2 is 2.35 bits per heavy atom. The highest BCUT2D eigenvalue weighted by molar-refractivity contribution is 5.73. The maximum atomic E-state index is 10.7. The fraction of sp³-hybridized carbons (Fsp3) is 0.500. The Bertz CT molecular complexity index is 428. The van der Waals surface area contributed by atoms with Crippen LogP contribution in [0.3, 0.4) is 0 Å². The number of carboxylic acid groups (broad SMARTS) is 1. The molecule has 0 spiro atoms. The fourth-order valence-electron chi connectivity index (χ4n) is 2.55. The summed E-state index contributed by atoms with van der Waals surface area (Å²) < 4.78 is 0. The van der Waals surface area contributed by atoms with Gasteiger partial charge in [0.25, 0.3) is 0 Å². The molecule has 3 nitrogen and oxygen atoms in total. The van der Waals surface area contributed by atoms with Gasteiger partial charge in [-0.2, -0.15) is 0 Å². The molecular formula is C14H19NO2. The maximum Gasteiger partial charge on any atom is 0.320 e. The van der Waals surface area contributed by atoms with Gasteiger partial charge in [0.1, 0.15) is 6.04 Å². The first-order chi connectivity index (χ1) is 8.08. The van der Waals surface area contributed by atoms with E-state index in [1.807, 2.05) is 6.07 Å². The molecule has 0 saturated carbocycles. The summed E-state index contributed by atoms with van der Waals surface area (Å²) >= 11 is 0. The second kappa shape index (κ2) is 4.88. The van der Waals surface area contributed by atoms with E-state index in [0.717, 1.165) is 12.0 Å². The minimum Gasteiger partial charge on any atom is -0.480 e. The van der Waals surface area contributed by atoms with Gasteiger partial charge in [-0.3, -0.25) is 4.79 Å². The molecule has 0 aliphatic heterocycles. The molecule has 0 fully saturated rings. The Morgan fingerprint density at radius 1 is 1.59 bits per heavy atom. The number of aliphatic carboxylic acids is 1. The van der Waals surface area contributed by atoms with Crippen molar-refractivity contribution < 1.29 is 9.90 Å². The number of nitrogens with two attached hydrogens (primary N) is 1. The minimum atomic E-state index is -0.934. The fourth-order valence-corrected chi connectivity index (χ4v) is 2.55. The SMILES string of the molecule is CC1CCCc2ccc(CC(N)C(=O)O)cc21. The number of fused-ring (bicyclic) bond motifs is 1. The van der Waals surface area contributed by atoms with E-state index in [0.29, 0.717) is 12.3 Å². The molecule has 17 heavy (non-hydrogen) atoms. The Hall–Kier alpha value is -1.35. The third kappa shape index (κ3) is 2.67. The van der Waals surface area contributed by atoms with Crippen LogP contribution in [0.15, 0.2) is 18.2 Å². The molecule has 2 unspecified atom stereocenters. The zero-order valence-corrected chi connectivity index (χ0v) is 10.1. The summed E-state index contributed by atoms with van der Waals surface area (Å²) in [7, 11) is 0. The van der Waals surface area contributed by atoms with E-state index in [4.69, 9.17) is 10.8 Å². The van der Waals surface area contributed by atoms with Gasteiger partial charge in [-0.25, -0.2) is 0 Å². The molecule has 0 bridgehead atoms. The third-order valence-electron chi connectivity index (χ3n) is 3.60. The van der Waals surface area contributed by atoms with Gasteiger partial charge >= 0.3 is 5.97 Å². The van der Waals surface area contributed by atoms with Crippen LogP contribution in [-0.2, 0) is 17.6 Å². The van der Waals surface area contributed by atoms with Crippen molar-refractivity contribution in [2.75, 3.05) is 0 Å². The Balaban J connectivity index is 2.20. The van der Waals surface area contributed by atoms with Gasteiger partial charge < -0.3 is 10.8 Å². The van der Waals surface area contributed by atoms with Crippen molar-refractivity contribution in [2.45, 2.75) is 44.6 Å². The molecule has 0 aromatic heterocycles. The molecule has 1 aromatic carbocycles. The van der Waals surface area contributed by atoms with E-state index in [9.17, 15) is 4.79 Å². The van der Waals surface area contributed by atoms with Crippen molar-refractivity contribution in [3.05, 3.63) is 34.9 Å². The second-order valence-corrected chi connectivity index (χ2v) is 4.98. The summed E-state index contributed by atoms with van der Waals surface area (Å²) in [6, 6.07) is 5.49. The number of carboxylic acids is 1. The van der Waals surface area contributed by atoms with Gasteiger partial charge in [0.05, 0.1) is 0 Å². The Morgan fingerprint density at radius 3 is 3.06 bits per heavy atom. The van der Waals surface area contributed by atoms with E-state index < -0.39 is 12.0 Å². The average Bonchev–Trinajstić information content (AvgIpc) is 2.30. The van der Waals surface area contributed by atoms with Crippen molar-refractivity contribution in [3.8, 4) is 0 Å². The normalized spacial score (nSPS) is 20.7. The lowest BCUT2D eigenvalue weighted by molar-refractivity contribution is -0.138. The van der Waals surface area contributed by atoms with Gasteiger partial charge in [0, 0.05) is 0 Å². The van der Waals surface area contributed by atoms with Gasteiger partial charge in [-0.05, 0) is 48.3 Å². The Labute approximate surface area is 102 Å². The standard InChI is InChI=1S/C14H19NO2/c1-9-3-2-4-11-6-5-10(7-12(9)11)8-13(15)14(16)17/h5-7,9,13H,2-4,8,15H2,1H3,(H,16,17). The lowest BCUT2D eigenvalue weighted by Crippen LogP contribution is -2.32. The first-order valence-electron chi connectivity index (χ1n) is 6.18. The van der Waals surface area contributed by atoms with E-state index in [1.54, 1.807) is 0 Å². The summed E-state index contributed by atoms with van der Waals surface area (Å²) in [5.74, 6) is -0.351. The van der Waals surface area contributed by atoms with Gasteiger partial charge in [-0.1, -0.05) is 25.1 Å². The summed E-state index contributed by atoms with van der Waals surface area (Å²) in [4.78, 5) is 10.7. The van der Waals surface area contributed by atoms with Gasteiger partial charge in [0.15, 0.2) is 0 Å².